The molecule has 0 radical (unpaired) electrons. The molecule has 2 saturated carbocycles. The first kappa shape index (κ1) is 21.9. The molecule has 0 aliphatic heterocycles. The van der Waals surface area contributed by atoms with Gasteiger partial charge in [0.05, 0.1) is 0 Å². The number of aromatic nitrogens is 2. The highest BCUT2D eigenvalue weighted by molar-refractivity contribution is 6.11. The number of benzene rings is 2. The van der Waals surface area contributed by atoms with Gasteiger partial charge in [-0.2, -0.15) is 0 Å². The van der Waals surface area contributed by atoms with Gasteiger partial charge in [-0.15, -0.1) is 0 Å². The van der Waals surface area contributed by atoms with Crippen molar-refractivity contribution in [3.63, 3.8) is 0 Å². The molecular formula is C26H27N5O3. The summed E-state index contributed by atoms with van der Waals surface area (Å²) >= 11 is 0. The minimum absolute atomic E-state index is 0.0983. The van der Waals surface area contributed by atoms with Crippen molar-refractivity contribution in [3.8, 4) is 5.69 Å². The zero-order valence-electron chi connectivity index (χ0n) is 18.8. The molecule has 0 spiro atoms. The quantitative estimate of drug-likeness (QED) is 0.471. The van der Waals surface area contributed by atoms with Crippen LogP contribution in [0.1, 0.15) is 75.3 Å². The van der Waals surface area contributed by atoms with Gasteiger partial charge < -0.3 is 16.4 Å². The lowest BCUT2D eigenvalue weighted by Crippen LogP contribution is -2.32. The van der Waals surface area contributed by atoms with Gasteiger partial charge in [0.1, 0.15) is 12.1 Å². The van der Waals surface area contributed by atoms with Crippen LogP contribution in [0.2, 0.25) is 0 Å². The monoisotopic (exact) mass is 457 g/mol. The first-order valence-electron chi connectivity index (χ1n) is 11.7. The van der Waals surface area contributed by atoms with Crippen molar-refractivity contribution in [2.24, 2.45) is 0 Å². The number of hydrogen-bond acceptors (Lipinski definition) is 5. The maximum atomic E-state index is 13.2. The van der Waals surface area contributed by atoms with Crippen LogP contribution in [0.3, 0.4) is 0 Å². The van der Waals surface area contributed by atoms with E-state index >= 15 is 0 Å². The van der Waals surface area contributed by atoms with E-state index in [2.05, 4.69) is 15.6 Å². The Morgan fingerprint density at radius 3 is 2.09 bits per heavy atom. The molecule has 4 N–H and O–H groups in total. The lowest BCUT2D eigenvalue weighted by atomic mass is 10.0. The predicted octanol–water partition coefficient (Wildman–Crippen LogP) is 3.25. The van der Waals surface area contributed by atoms with Crippen molar-refractivity contribution >= 4 is 23.4 Å². The number of carbonyl (C=O) groups excluding carboxylic acids is 3. The highest BCUT2D eigenvalue weighted by Crippen LogP contribution is 2.23. The number of carbonyl (C=O) groups is 3. The molecule has 8 heteroatoms. The molecule has 2 amide bonds. The number of amides is 2. The van der Waals surface area contributed by atoms with Gasteiger partial charge in [-0.25, -0.2) is 4.98 Å². The molecule has 2 fully saturated rings. The number of nitrogen functional groups attached to an aromatic ring is 1. The van der Waals surface area contributed by atoms with Crippen molar-refractivity contribution < 1.29 is 14.4 Å². The fourth-order valence-electron chi connectivity index (χ4n) is 4.31. The molecule has 1 heterocycles. The van der Waals surface area contributed by atoms with E-state index in [0.717, 1.165) is 38.5 Å². The molecular weight excluding hydrogens is 430 g/mol. The van der Waals surface area contributed by atoms with E-state index in [1.54, 1.807) is 53.1 Å². The minimum atomic E-state index is -0.366. The van der Waals surface area contributed by atoms with Crippen LogP contribution in [-0.2, 0) is 0 Å². The Bertz CT molecular complexity index is 1250. The number of rotatable bonds is 7. The third kappa shape index (κ3) is 4.57. The summed E-state index contributed by atoms with van der Waals surface area (Å²) in [7, 11) is 0. The van der Waals surface area contributed by atoms with Gasteiger partial charge >= 0.3 is 0 Å². The highest BCUT2D eigenvalue weighted by atomic mass is 16.2. The first-order valence-corrected chi connectivity index (χ1v) is 11.7. The molecule has 34 heavy (non-hydrogen) atoms. The van der Waals surface area contributed by atoms with E-state index in [1.807, 2.05) is 0 Å². The van der Waals surface area contributed by atoms with Crippen molar-refractivity contribution in [2.75, 3.05) is 5.73 Å². The average molecular weight is 458 g/mol. The summed E-state index contributed by atoms with van der Waals surface area (Å²) in [5.41, 5.74) is 8.33. The maximum Gasteiger partial charge on any atom is 0.251 e. The first-order chi connectivity index (χ1) is 16.5. The number of imidazole rings is 1. The fourth-order valence-corrected chi connectivity index (χ4v) is 4.31. The SMILES string of the molecule is Nc1c(C(=O)c2cccc(C(=O)NC3CCCC3)c2)ncn1-c1cccc(C(=O)NC2CC2)c1. The Morgan fingerprint density at radius 2 is 1.41 bits per heavy atom. The summed E-state index contributed by atoms with van der Waals surface area (Å²) in [6, 6.07) is 14.1. The fraction of sp³-hybridized carbons (Fsp3) is 0.308. The molecule has 3 aromatic rings. The van der Waals surface area contributed by atoms with Gasteiger partial charge in [-0.1, -0.05) is 31.0 Å². The molecule has 2 aliphatic carbocycles. The Morgan fingerprint density at radius 1 is 0.824 bits per heavy atom. The second kappa shape index (κ2) is 9.13. The summed E-state index contributed by atoms with van der Waals surface area (Å²) in [6.45, 7) is 0. The van der Waals surface area contributed by atoms with Crippen molar-refractivity contribution in [1.82, 2.24) is 20.2 Å². The maximum absolute atomic E-state index is 13.2. The van der Waals surface area contributed by atoms with E-state index in [1.165, 1.54) is 6.33 Å². The van der Waals surface area contributed by atoms with Gasteiger partial charge in [0, 0.05) is 34.5 Å². The van der Waals surface area contributed by atoms with E-state index in [0.29, 0.717) is 22.4 Å². The molecule has 174 valence electrons. The van der Waals surface area contributed by atoms with Crippen LogP contribution in [0.4, 0.5) is 5.82 Å². The molecule has 0 saturated heterocycles. The third-order valence-electron chi connectivity index (χ3n) is 6.40. The van der Waals surface area contributed by atoms with E-state index < -0.39 is 0 Å². The number of hydrogen-bond donors (Lipinski definition) is 3. The van der Waals surface area contributed by atoms with Crippen molar-refractivity contribution in [2.45, 2.75) is 50.6 Å². The largest absolute Gasteiger partial charge is 0.383 e. The van der Waals surface area contributed by atoms with Gasteiger partial charge in [-0.05, 0) is 56.0 Å². The summed E-state index contributed by atoms with van der Waals surface area (Å²) in [4.78, 5) is 42.5. The Balaban J connectivity index is 1.35. The van der Waals surface area contributed by atoms with E-state index in [4.69, 9.17) is 5.73 Å². The number of nitrogens with one attached hydrogen (secondary N) is 2. The van der Waals surface area contributed by atoms with Crippen LogP contribution >= 0.6 is 0 Å². The standard InChI is InChI=1S/C26H27N5O3/c27-24-22(23(32)16-5-3-6-17(13-16)25(33)29-19-8-1-2-9-19)28-15-31(24)21-10-4-7-18(14-21)26(34)30-20-11-12-20/h3-7,10,13-15,19-20H,1-2,8-9,11-12,27H2,(H,29,33)(H,30,34). The van der Waals surface area contributed by atoms with Gasteiger partial charge in [-0.3, -0.25) is 19.0 Å². The van der Waals surface area contributed by atoms with Gasteiger partial charge in [0.15, 0.2) is 5.69 Å². The molecule has 0 atom stereocenters. The highest BCUT2D eigenvalue weighted by Gasteiger charge is 2.25. The zero-order chi connectivity index (χ0) is 23.7. The normalized spacial score (nSPS) is 15.8. The lowest BCUT2D eigenvalue weighted by molar-refractivity contribution is 0.0933. The van der Waals surface area contributed by atoms with Crippen LogP contribution in [0.15, 0.2) is 54.9 Å². The second-order valence-electron chi connectivity index (χ2n) is 9.01. The smallest absolute Gasteiger partial charge is 0.251 e. The Labute approximate surface area is 197 Å². The molecule has 1 aromatic heterocycles. The number of nitrogens with zero attached hydrogens (tertiary/aromatic N) is 2. The molecule has 2 aromatic carbocycles. The third-order valence-corrected chi connectivity index (χ3v) is 6.40. The average Bonchev–Trinajstić information content (AvgIpc) is 3.36. The Hall–Kier alpha value is -3.94. The second-order valence-corrected chi connectivity index (χ2v) is 9.01. The molecule has 0 bridgehead atoms. The number of anilines is 1. The summed E-state index contributed by atoms with van der Waals surface area (Å²) in [5, 5.41) is 6.00. The van der Waals surface area contributed by atoms with Crippen molar-refractivity contribution in [3.05, 3.63) is 77.2 Å². The van der Waals surface area contributed by atoms with Crippen LogP contribution in [0.5, 0.6) is 0 Å². The topological polar surface area (TPSA) is 119 Å². The van der Waals surface area contributed by atoms with Gasteiger partial charge in [0.2, 0.25) is 5.78 Å². The molecule has 8 nitrogen and oxygen atoms in total. The van der Waals surface area contributed by atoms with E-state index in [9.17, 15) is 14.4 Å². The molecule has 5 rings (SSSR count). The number of nitrogens with two attached hydrogens (primary N) is 1. The lowest BCUT2D eigenvalue weighted by Gasteiger charge is -2.12. The van der Waals surface area contributed by atoms with Crippen LogP contribution in [0, 0.1) is 0 Å². The predicted molar refractivity (Wildman–Crippen MR) is 128 cm³/mol. The van der Waals surface area contributed by atoms with Crippen LogP contribution < -0.4 is 16.4 Å². The summed E-state index contributed by atoms with van der Waals surface area (Å²) in [5.74, 6) is -0.506. The molecule has 0 unspecified atom stereocenters. The van der Waals surface area contributed by atoms with Crippen LogP contribution in [-0.4, -0.2) is 39.2 Å². The van der Waals surface area contributed by atoms with Crippen molar-refractivity contribution in [1.29, 1.82) is 0 Å². The minimum Gasteiger partial charge on any atom is -0.383 e. The van der Waals surface area contributed by atoms with Gasteiger partial charge in [0.25, 0.3) is 11.8 Å². The number of ketones is 1. The van der Waals surface area contributed by atoms with Crippen LogP contribution in [0.25, 0.3) is 5.69 Å². The molecule has 2 aliphatic rings. The Kier molecular flexibility index (Phi) is 5.88. The summed E-state index contributed by atoms with van der Waals surface area (Å²) < 4.78 is 1.58. The van der Waals surface area contributed by atoms with E-state index in [-0.39, 0.29) is 41.2 Å². The zero-order valence-corrected chi connectivity index (χ0v) is 18.8. The summed E-state index contributed by atoms with van der Waals surface area (Å²) in [6.07, 6.45) is 7.71.